The van der Waals surface area contributed by atoms with E-state index in [9.17, 15) is 0 Å². The zero-order valence-corrected chi connectivity index (χ0v) is 13.6. The van der Waals surface area contributed by atoms with Gasteiger partial charge in [-0.3, -0.25) is 9.36 Å². The smallest absolute Gasteiger partial charge is 0.0797 e. The molecule has 21 heavy (non-hydrogen) atoms. The minimum absolute atomic E-state index is 0.248. The molecule has 0 saturated heterocycles. The molecule has 5 heteroatoms. The molecule has 0 radical (unpaired) electrons. The first-order valence-electron chi connectivity index (χ1n) is 7.96. The first kappa shape index (κ1) is 15.8. The van der Waals surface area contributed by atoms with Gasteiger partial charge in [-0.2, -0.15) is 10.2 Å². The molecular formula is C16H27N5. The molecule has 2 aromatic rings. The van der Waals surface area contributed by atoms with E-state index in [2.05, 4.69) is 53.1 Å². The maximum Gasteiger partial charge on any atom is 0.0797 e. The van der Waals surface area contributed by atoms with Crippen LogP contribution in [0.2, 0.25) is 0 Å². The van der Waals surface area contributed by atoms with Gasteiger partial charge in [0, 0.05) is 31.9 Å². The van der Waals surface area contributed by atoms with Gasteiger partial charge in [-0.05, 0) is 38.4 Å². The van der Waals surface area contributed by atoms with Crippen molar-refractivity contribution >= 4 is 0 Å². The second-order valence-corrected chi connectivity index (χ2v) is 5.42. The predicted molar refractivity (Wildman–Crippen MR) is 85.2 cm³/mol. The lowest BCUT2D eigenvalue weighted by Crippen LogP contribution is -2.25. The van der Waals surface area contributed by atoms with Crippen molar-refractivity contribution in [3.05, 3.63) is 35.4 Å². The predicted octanol–water partition coefficient (Wildman–Crippen LogP) is 2.48. The number of nitrogens with zero attached hydrogens (tertiary/aromatic N) is 4. The lowest BCUT2D eigenvalue weighted by molar-refractivity contribution is 0.488. The Morgan fingerprint density at radius 2 is 2.05 bits per heavy atom. The molecule has 0 aromatic carbocycles. The topological polar surface area (TPSA) is 47.7 Å². The summed E-state index contributed by atoms with van der Waals surface area (Å²) < 4.78 is 3.98. The third-order valence-corrected chi connectivity index (χ3v) is 3.72. The fourth-order valence-corrected chi connectivity index (χ4v) is 2.55. The first-order valence-corrected chi connectivity index (χ1v) is 7.96. The summed E-state index contributed by atoms with van der Waals surface area (Å²) >= 11 is 0. The maximum atomic E-state index is 4.64. The lowest BCUT2D eigenvalue weighted by Gasteiger charge is -2.17. The first-order chi connectivity index (χ1) is 10.2. The van der Waals surface area contributed by atoms with Crippen LogP contribution in [-0.2, 0) is 26.4 Å². The van der Waals surface area contributed by atoms with E-state index < -0.39 is 0 Å². The van der Waals surface area contributed by atoms with Crippen molar-refractivity contribution in [2.24, 2.45) is 7.05 Å². The molecule has 0 fully saturated rings. The molecule has 1 atom stereocenters. The number of hydrogen-bond acceptors (Lipinski definition) is 3. The van der Waals surface area contributed by atoms with Crippen LogP contribution in [0, 0.1) is 0 Å². The van der Waals surface area contributed by atoms with Crippen molar-refractivity contribution in [1.82, 2.24) is 24.9 Å². The van der Waals surface area contributed by atoms with Gasteiger partial charge in [-0.25, -0.2) is 0 Å². The Kier molecular flexibility index (Phi) is 5.56. The average molecular weight is 289 g/mol. The highest BCUT2D eigenvalue weighted by atomic mass is 15.3. The highest BCUT2D eigenvalue weighted by Gasteiger charge is 2.17. The molecule has 1 unspecified atom stereocenters. The lowest BCUT2D eigenvalue weighted by atomic mass is 10.1. The molecule has 0 spiro atoms. The van der Waals surface area contributed by atoms with E-state index in [1.54, 1.807) is 0 Å². The van der Waals surface area contributed by atoms with E-state index in [-0.39, 0.29) is 6.04 Å². The van der Waals surface area contributed by atoms with Gasteiger partial charge >= 0.3 is 0 Å². The molecule has 1 N–H and O–H groups in total. The fraction of sp³-hybridized carbons (Fsp3) is 0.625. The van der Waals surface area contributed by atoms with Gasteiger partial charge in [-0.1, -0.05) is 13.8 Å². The summed E-state index contributed by atoms with van der Waals surface area (Å²) in [4.78, 5) is 0. The fourth-order valence-electron chi connectivity index (χ4n) is 2.55. The molecule has 0 amide bonds. The summed E-state index contributed by atoms with van der Waals surface area (Å²) in [5.41, 5.74) is 3.56. The van der Waals surface area contributed by atoms with Crippen molar-refractivity contribution in [2.45, 2.75) is 52.6 Å². The number of aromatic nitrogens is 4. The Morgan fingerprint density at radius 3 is 2.62 bits per heavy atom. The Balaban J connectivity index is 2.19. The molecule has 2 heterocycles. The standard InChI is InChI=1S/C16H27N5/c1-5-9-17-16(15-8-10-20(4)19-15)12-14-11-13(6-2)18-21(14)7-3/h8,10-11,16-17H,5-7,9,12H2,1-4H3. The summed E-state index contributed by atoms with van der Waals surface area (Å²) in [6, 6.07) is 4.58. The van der Waals surface area contributed by atoms with E-state index >= 15 is 0 Å². The molecule has 5 nitrogen and oxygen atoms in total. The van der Waals surface area contributed by atoms with Crippen LogP contribution < -0.4 is 5.32 Å². The SMILES string of the molecule is CCCNC(Cc1cc(CC)nn1CC)c1ccn(C)n1. The summed E-state index contributed by atoms with van der Waals surface area (Å²) in [5.74, 6) is 0. The van der Waals surface area contributed by atoms with Gasteiger partial charge in [0.2, 0.25) is 0 Å². The van der Waals surface area contributed by atoms with Gasteiger partial charge in [0.15, 0.2) is 0 Å². The van der Waals surface area contributed by atoms with E-state index in [4.69, 9.17) is 0 Å². The summed E-state index contributed by atoms with van der Waals surface area (Å²) in [6.45, 7) is 8.40. The molecule has 0 aliphatic rings. The van der Waals surface area contributed by atoms with E-state index in [1.165, 1.54) is 11.4 Å². The second kappa shape index (κ2) is 7.41. The zero-order chi connectivity index (χ0) is 15.2. The van der Waals surface area contributed by atoms with Crippen molar-refractivity contribution in [2.75, 3.05) is 6.54 Å². The third kappa shape index (κ3) is 3.94. The average Bonchev–Trinajstić information content (AvgIpc) is 3.09. The highest BCUT2D eigenvalue weighted by Crippen LogP contribution is 2.18. The van der Waals surface area contributed by atoms with Crippen LogP contribution in [-0.4, -0.2) is 26.1 Å². The number of hydrogen-bond donors (Lipinski definition) is 1. The van der Waals surface area contributed by atoms with Crippen LogP contribution >= 0.6 is 0 Å². The molecule has 116 valence electrons. The minimum Gasteiger partial charge on any atom is -0.308 e. The zero-order valence-electron chi connectivity index (χ0n) is 13.6. The van der Waals surface area contributed by atoms with Crippen LogP contribution in [0.15, 0.2) is 18.3 Å². The molecule has 0 aliphatic heterocycles. The van der Waals surface area contributed by atoms with Gasteiger partial charge in [0.1, 0.15) is 0 Å². The molecule has 2 aromatic heterocycles. The molecule has 0 saturated carbocycles. The van der Waals surface area contributed by atoms with Gasteiger partial charge in [0.25, 0.3) is 0 Å². The van der Waals surface area contributed by atoms with E-state index in [0.717, 1.165) is 38.0 Å². The maximum absolute atomic E-state index is 4.64. The van der Waals surface area contributed by atoms with Crippen LogP contribution in [0.4, 0.5) is 0 Å². The molecule has 0 bridgehead atoms. The van der Waals surface area contributed by atoms with Crippen molar-refractivity contribution < 1.29 is 0 Å². The Bertz CT molecular complexity index is 555. The summed E-state index contributed by atoms with van der Waals surface area (Å²) in [5, 5.41) is 12.8. The number of nitrogens with one attached hydrogen (secondary N) is 1. The number of rotatable bonds is 8. The highest BCUT2D eigenvalue weighted by molar-refractivity contribution is 5.16. The quantitative estimate of drug-likeness (QED) is 0.812. The van der Waals surface area contributed by atoms with Crippen molar-refractivity contribution in [3.63, 3.8) is 0 Å². The van der Waals surface area contributed by atoms with Crippen LogP contribution in [0.3, 0.4) is 0 Å². The monoisotopic (exact) mass is 289 g/mol. The minimum atomic E-state index is 0.248. The Hall–Kier alpha value is -1.62. The summed E-state index contributed by atoms with van der Waals surface area (Å²) in [6.07, 6.45) is 5.04. The second-order valence-electron chi connectivity index (χ2n) is 5.42. The largest absolute Gasteiger partial charge is 0.308 e. The van der Waals surface area contributed by atoms with Crippen molar-refractivity contribution in [3.8, 4) is 0 Å². The summed E-state index contributed by atoms with van der Waals surface area (Å²) in [7, 11) is 1.96. The van der Waals surface area contributed by atoms with Crippen LogP contribution in [0.5, 0.6) is 0 Å². The Morgan fingerprint density at radius 1 is 1.24 bits per heavy atom. The third-order valence-electron chi connectivity index (χ3n) is 3.72. The van der Waals surface area contributed by atoms with Crippen LogP contribution in [0.1, 0.15) is 50.3 Å². The molecule has 2 rings (SSSR count). The molecule has 0 aliphatic carbocycles. The molecular weight excluding hydrogens is 262 g/mol. The van der Waals surface area contributed by atoms with Gasteiger partial charge in [0.05, 0.1) is 17.4 Å². The normalized spacial score (nSPS) is 12.8. The van der Waals surface area contributed by atoms with Gasteiger partial charge < -0.3 is 5.32 Å². The number of aryl methyl sites for hydroxylation is 3. The van der Waals surface area contributed by atoms with Gasteiger partial charge in [-0.15, -0.1) is 0 Å². The van der Waals surface area contributed by atoms with Crippen LogP contribution in [0.25, 0.3) is 0 Å². The Labute approximate surface area is 127 Å². The van der Waals surface area contributed by atoms with Crippen molar-refractivity contribution in [1.29, 1.82) is 0 Å². The van der Waals surface area contributed by atoms with E-state index in [1.807, 2.05) is 17.9 Å². The van der Waals surface area contributed by atoms with E-state index in [0.29, 0.717) is 0 Å².